The number of para-hydroxylation sites is 1. The first-order chi connectivity index (χ1) is 10.3. The molecule has 0 aliphatic heterocycles. The second kappa shape index (κ2) is 5.71. The number of fused-ring (bicyclic) bond motifs is 1. The van der Waals surface area contributed by atoms with E-state index >= 15 is 0 Å². The SMILES string of the molecule is COc1cccc(NCc2cc3ccccc3[nH]c2=O)c1. The number of anilines is 1. The molecule has 4 nitrogen and oxygen atoms in total. The lowest BCUT2D eigenvalue weighted by molar-refractivity contribution is 0.415. The molecule has 0 bridgehead atoms. The number of nitrogens with one attached hydrogen (secondary N) is 2. The number of aromatic amines is 1. The van der Waals surface area contributed by atoms with Gasteiger partial charge >= 0.3 is 0 Å². The monoisotopic (exact) mass is 280 g/mol. The Kier molecular flexibility index (Phi) is 3.60. The van der Waals surface area contributed by atoms with Crippen LogP contribution in [0.25, 0.3) is 10.9 Å². The summed E-state index contributed by atoms with van der Waals surface area (Å²) >= 11 is 0. The van der Waals surface area contributed by atoms with Crippen molar-refractivity contribution >= 4 is 16.6 Å². The van der Waals surface area contributed by atoms with E-state index < -0.39 is 0 Å². The minimum atomic E-state index is -0.0657. The molecule has 0 fully saturated rings. The molecule has 0 saturated heterocycles. The number of hydrogen-bond acceptors (Lipinski definition) is 3. The van der Waals surface area contributed by atoms with Gasteiger partial charge in [-0.3, -0.25) is 4.79 Å². The molecule has 3 aromatic rings. The van der Waals surface area contributed by atoms with Gasteiger partial charge in [0.25, 0.3) is 5.56 Å². The van der Waals surface area contributed by atoms with Gasteiger partial charge in [0.1, 0.15) is 5.75 Å². The molecule has 3 rings (SSSR count). The molecule has 0 spiro atoms. The number of aromatic nitrogens is 1. The summed E-state index contributed by atoms with van der Waals surface area (Å²) < 4.78 is 5.18. The van der Waals surface area contributed by atoms with E-state index in [0.29, 0.717) is 12.1 Å². The zero-order valence-corrected chi connectivity index (χ0v) is 11.7. The minimum Gasteiger partial charge on any atom is -0.497 e. The van der Waals surface area contributed by atoms with Gasteiger partial charge in [-0.05, 0) is 29.7 Å². The van der Waals surface area contributed by atoms with Gasteiger partial charge in [-0.25, -0.2) is 0 Å². The molecule has 2 aromatic carbocycles. The second-order valence-corrected chi connectivity index (χ2v) is 4.80. The number of rotatable bonds is 4. The summed E-state index contributed by atoms with van der Waals surface area (Å²) in [6.07, 6.45) is 0. The standard InChI is InChI=1S/C17H16N2O2/c1-21-15-7-4-6-14(10-15)18-11-13-9-12-5-2-3-8-16(12)19-17(13)20/h2-10,18H,11H2,1H3,(H,19,20). The van der Waals surface area contributed by atoms with Crippen LogP contribution in [0.4, 0.5) is 5.69 Å². The number of H-pyrrole nitrogens is 1. The fourth-order valence-corrected chi connectivity index (χ4v) is 2.25. The lowest BCUT2D eigenvalue weighted by Crippen LogP contribution is -2.15. The Labute approximate surface area is 122 Å². The Morgan fingerprint density at radius 3 is 2.81 bits per heavy atom. The van der Waals surface area contributed by atoms with Crippen molar-refractivity contribution in [1.82, 2.24) is 4.98 Å². The molecule has 21 heavy (non-hydrogen) atoms. The fourth-order valence-electron chi connectivity index (χ4n) is 2.25. The summed E-state index contributed by atoms with van der Waals surface area (Å²) in [5.41, 5.74) is 2.41. The number of ether oxygens (including phenoxy) is 1. The van der Waals surface area contributed by atoms with Crippen LogP contribution in [0.15, 0.2) is 59.4 Å². The lowest BCUT2D eigenvalue weighted by atomic mass is 10.1. The summed E-state index contributed by atoms with van der Waals surface area (Å²) in [5, 5.41) is 4.27. The molecule has 0 aliphatic carbocycles. The van der Waals surface area contributed by atoms with Crippen molar-refractivity contribution in [3.05, 3.63) is 70.5 Å². The van der Waals surface area contributed by atoms with Crippen LogP contribution < -0.4 is 15.6 Å². The van der Waals surface area contributed by atoms with Crippen LogP contribution in [-0.4, -0.2) is 12.1 Å². The number of methoxy groups -OCH3 is 1. The smallest absolute Gasteiger partial charge is 0.253 e. The predicted molar refractivity (Wildman–Crippen MR) is 84.9 cm³/mol. The van der Waals surface area contributed by atoms with Gasteiger partial charge in [0.05, 0.1) is 7.11 Å². The first kappa shape index (κ1) is 13.2. The van der Waals surface area contributed by atoms with Crippen LogP contribution in [0.5, 0.6) is 5.75 Å². The maximum Gasteiger partial charge on any atom is 0.253 e. The molecule has 1 heterocycles. The van der Waals surface area contributed by atoms with Crippen LogP contribution >= 0.6 is 0 Å². The zero-order chi connectivity index (χ0) is 14.7. The first-order valence-electron chi connectivity index (χ1n) is 6.75. The van der Waals surface area contributed by atoms with Gasteiger partial charge < -0.3 is 15.0 Å². The zero-order valence-electron chi connectivity index (χ0n) is 11.7. The van der Waals surface area contributed by atoms with Crippen molar-refractivity contribution < 1.29 is 4.74 Å². The molecular weight excluding hydrogens is 264 g/mol. The topological polar surface area (TPSA) is 54.1 Å². The summed E-state index contributed by atoms with van der Waals surface area (Å²) in [4.78, 5) is 15.0. The number of benzene rings is 2. The Balaban J connectivity index is 1.84. The quantitative estimate of drug-likeness (QED) is 0.772. The van der Waals surface area contributed by atoms with Gasteiger partial charge in [0.15, 0.2) is 0 Å². The summed E-state index contributed by atoms with van der Waals surface area (Å²) in [6, 6.07) is 17.3. The molecule has 0 amide bonds. The molecule has 2 N–H and O–H groups in total. The third-order valence-electron chi connectivity index (χ3n) is 3.38. The largest absolute Gasteiger partial charge is 0.497 e. The Hall–Kier alpha value is -2.75. The van der Waals surface area contributed by atoms with E-state index in [1.165, 1.54) is 0 Å². The molecule has 0 radical (unpaired) electrons. The van der Waals surface area contributed by atoms with Crippen LogP contribution in [-0.2, 0) is 6.54 Å². The fraction of sp³-hybridized carbons (Fsp3) is 0.118. The summed E-state index contributed by atoms with van der Waals surface area (Å²) in [5.74, 6) is 0.785. The molecule has 0 atom stereocenters. The average Bonchev–Trinajstić information content (AvgIpc) is 2.53. The van der Waals surface area contributed by atoms with Crippen molar-refractivity contribution in [2.75, 3.05) is 12.4 Å². The van der Waals surface area contributed by atoms with Gasteiger partial charge in [-0.2, -0.15) is 0 Å². The van der Waals surface area contributed by atoms with Gasteiger partial charge in [0.2, 0.25) is 0 Å². The molecule has 4 heteroatoms. The maximum absolute atomic E-state index is 12.1. The van der Waals surface area contributed by atoms with Crippen LogP contribution in [0, 0.1) is 0 Å². The Morgan fingerprint density at radius 1 is 1.10 bits per heavy atom. The van der Waals surface area contributed by atoms with Crippen molar-refractivity contribution in [3.63, 3.8) is 0 Å². The molecule has 106 valence electrons. The highest BCUT2D eigenvalue weighted by Crippen LogP contribution is 2.17. The highest BCUT2D eigenvalue weighted by atomic mass is 16.5. The molecule has 0 saturated carbocycles. The third kappa shape index (κ3) is 2.89. The third-order valence-corrected chi connectivity index (χ3v) is 3.38. The summed E-state index contributed by atoms with van der Waals surface area (Å²) in [7, 11) is 1.63. The Morgan fingerprint density at radius 2 is 1.95 bits per heavy atom. The predicted octanol–water partition coefficient (Wildman–Crippen LogP) is 3.15. The second-order valence-electron chi connectivity index (χ2n) is 4.80. The van der Waals surface area contributed by atoms with Gasteiger partial charge in [-0.1, -0.05) is 24.3 Å². The van der Waals surface area contributed by atoms with Crippen molar-refractivity contribution in [2.45, 2.75) is 6.54 Å². The van der Waals surface area contributed by atoms with E-state index in [9.17, 15) is 4.79 Å². The molecule has 1 aromatic heterocycles. The summed E-state index contributed by atoms with van der Waals surface area (Å²) in [6.45, 7) is 0.466. The highest BCUT2D eigenvalue weighted by molar-refractivity contribution is 5.78. The van der Waals surface area contributed by atoms with Crippen molar-refractivity contribution in [3.8, 4) is 5.75 Å². The average molecular weight is 280 g/mol. The van der Waals surface area contributed by atoms with E-state index in [1.54, 1.807) is 7.11 Å². The van der Waals surface area contributed by atoms with Gasteiger partial charge in [0, 0.05) is 29.4 Å². The number of pyridine rings is 1. The Bertz CT molecular complexity index is 824. The van der Waals surface area contributed by atoms with Crippen LogP contribution in [0.2, 0.25) is 0 Å². The van der Waals surface area contributed by atoms with Crippen molar-refractivity contribution in [1.29, 1.82) is 0 Å². The first-order valence-corrected chi connectivity index (χ1v) is 6.75. The molecule has 0 unspecified atom stereocenters. The normalized spacial score (nSPS) is 10.5. The van der Waals surface area contributed by atoms with Crippen molar-refractivity contribution in [2.24, 2.45) is 0 Å². The molecule has 0 aliphatic rings. The maximum atomic E-state index is 12.1. The highest BCUT2D eigenvalue weighted by Gasteiger charge is 2.03. The molecular formula is C17H16N2O2. The van der Waals surface area contributed by atoms with Crippen LogP contribution in [0.1, 0.15) is 5.56 Å². The van der Waals surface area contributed by atoms with Crippen LogP contribution in [0.3, 0.4) is 0 Å². The van der Waals surface area contributed by atoms with E-state index in [-0.39, 0.29) is 5.56 Å². The van der Waals surface area contributed by atoms with E-state index in [4.69, 9.17) is 4.74 Å². The minimum absolute atomic E-state index is 0.0657. The van der Waals surface area contributed by atoms with E-state index in [2.05, 4.69) is 10.3 Å². The van der Waals surface area contributed by atoms with E-state index in [0.717, 1.165) is 22.3 Å². The van der Waals surface area contributed by atoms with Gasteiger partial charge in [-0.15, -0.1) is 0 Å². The lowest BCUT2D eigenvalue weighted by Gasteiger charge is -2.08. The van der Waals surface area contributed by atoms with E-state index in [1.807, 2.05) is 54.6 Å². The number of hydrogen-bond donors (Lipinski definition) is 2.